The molecule has 4 N–H and O–H groups in total. The average molecular weight is 500 g/mol. The van der Waals surface area contributed by atoms with Crippen LogP contribution >= 0.6 is 0 Å². The summed E-state index contributed by atoms with van der Waals surface area (Å²) in [5.41, 5.74) is 10.4. The van der Waals surface area contributed by atoms with Crippen LogP contribution in [0.25, 0.3) is 0 Å². The van der Waals surface area contributed by atoms with Gasteiger partial charge in [0.05, 0.1) is 11.8 Å². The largest absolute Gasteiger partial charge is 0.387 e. The molecule has 36 heavy (non-hydrogen) atoms. The monoisotopic (exact) mass is 499 g/mol. The second-order valence-electron chi connectivity index (χ2n) is 16.1. The summed E-state index contributed by atoms with van der Waals surface area (Å²) in [6, 6.07) is -0.667. The van der Waals surface area contributed by atoms with Gasteiger partial charge in [-0.1, -0.05) is 55.4 Å². The fourth-order valence-corrected chi connectivity index (χ4v) is 11.5. The van der Waals surface area contributed by atoms with Crippen molar-refractivity contribution in [2.24, 2.45) is 67.0 Å². The summed E-state index contributed by atoms with van der Waals surface area (Å²) in [5.74, 6) is 2.07. The lowest BCUT2D eigenvalue weighted by Crippen LogP contribution is -2.68. The number of fused-ring (bicyclic) bond motifs is 7. The normalized spacial score (nSPS) is 55.0. The molecule has 2 amide bonds. The van der Waals surface area contributed by atoms with Gasteiger partial charge in [-0.05, 0) is 114 Å². The number of rotatable bonds is 1. The average Bonchev–Trinajstić information content (AvgIpc) is 2.78. The smallest absolute Gasteiger partial charge is 0.332 e. The summed E-state index contributed by atoms with van der Waals surface area (Å²) in [4.78, 5) is 11.3. The van der Waals surface area contributed by atoms with Crippen LogP contribution in [0.5, 0.6) is 0 Å². The van der Waals surface area contributed by atoms with E-state index in [9.17, 15) is 9.90 Å². The predicted octanol–water partition coefficient (Wildman–Crippen LogP) is 6.88. The minimum Gasteiger partial charge on any atom is -0.387 e. The maximum Gasteiger partial charge on any atom is 0.332 e. The SMILES string of the molecule is CC1/C(=N/NC(N)=O)C(O)CC2C1(C)CCC1C2(C)CCC2(C)C3CC(C)(C)CCC3(C)CCC12C. The van der Waals surface area contributed by atoms with Gasteiger partial charge in [-0.3, -0.25) is 0 Å². The number of nitrogens with one attached hydrogen (secondary N) is 1. The molecule has 5 heteroatoms. The van der Waals surface area contributed by atoms with Gasteiger partial charge in [0.25, 0.3) is 0 Å². The van der Waals surface area contributed by atoms with E-state index in [0.717, 1.165) is 12.3 Å². The predicted molar refractivity (Wildman–Crippen MR) is 146 cm³/mol. The van der Waals surface area contributed by atoms with Crippen LogP contribution in [-0.2, 0) is 0 Å². The molecule has 5 aliphatic rings. The van der Waals surface area contributed by atoms with Crippen molar-refractivity contribution < 1.29 is 9.90 Å². The standard InChI is InChI=1S/C31H53N3O2/c1-19-24(33-34-25(32)36)20(35)17-22-28(19,5)10-9-21-29(22,6)14-16-31(8)23-18-26(2,3)11-12-27(23,4)13-15-30(21,31)7/h19-23,35H,9-18H2,1-8H3,(H3,32,34,36)/b33-24-. The van der Waals surface area contributed by atoms with Gasteiger partial charge >= 0.3 is 6.03 Å². The topological polar surface area (TPSA) is 87.7 Å². The molecule has 0 saturated heterocycles. The highest BCUT2D eigenvalue weighted by atomic mass is 16.3. The van der Waals surface area contributed by atoms with Gasteiger partial charge in [0.2, 0.25) is 0 Å². The molecule has 0 aromatic rings. The van der Waals surface area contributed by atoms with Crippen molar-refractivity contribution in [1.82, 2.24) is 5.43 Å². The van der Waals surface area contributed by atoms with E-state index in [4.69, 9.17) is 5.73 Å². The Morgan fingerprint density at radius 3 is 2.14 bits per heavy atom. The summed E-state index contributed by atoms with van der Waals surface area (Å²) < 4.78 is 0. The van der Waals surface area contributed by atoms with Crippen LogP contribution < -0.4 is 11.2 Å². The Bertz CT molecular complexity index is 961. The number of primary amides is 1. The van der Waals surface area contributed by atoms with Gasteiger partial charge in [0.15, 0.2) is 0 Å². The first-order valence-corrected chi connectivity index (χ1v) is 14.8. The number of amides is 2. The minimum atomic E-state index is -0.667. The minimum absolute atomic E-state index is 0.0722. The zero-order valence-electron chi connectivity index (χ0n) is 24.3. The molecule has 10 unspecified atom stereocenters. The molecule has 0 aromatic heterocycles. The Morgan fingerprint density at radius 1 is 0.861 bits per heavy atom. The summed E-state index contributed by atoms with van der Waals surface area (Å²) in [6.07, 6.45) is 12.0. The van der Waals surface area contributed by atoms with E-state index >= 15 is 0 Å². The van der Waals surface area contributed by atoms with Gasteiger partial charge in [0, 0.05) is 5.92 Å². The molecular weight excluding hydrogens is 446 g/mol. The van der Waals surface area contributed by atoms with E-state index in [1.165, 1.54) is 57.8 Å². The first-order valence-electron chi connectivity index (χ1n) is 14.8. The molecule has 5 aliphatic carbocycles. The Morgan fingerprint density at radius 2 is 1.47 bits per heavy atom. The highest BCUT2D eigenvalue weighted by Crippen LogP contribution is 2.78. The number of nitrogens with two attached hydrogens (primary N) is 1. The van der Waals surface area contributed by atoms with Crippen molar-refractivity contribution in [1.29, 1.82) is 0 Å². The lowest BCUT2D eigenvalue weighted by Gasteiger charge is -2.75. The zero-order valence-corrected chi connectivity index (χ0v) is 24.3. The first-order chi connectivity index (χ1) is 16.5. The summed E-state index contributed by atoms with van der Waals surface area (Å²) in [5, 5.41) is 15.6. The van der Waals surface area contributed by atoms with Gasteiger partial charge in [-0.25, -0.2) is 10.2 Å². The van der Waals surface area contributed by atoms with Crippen LogP contribution in [0.4, 0.5) is 4.79 Å². The third kappa shape index (κ3) is 3.42. The highest BCUT2D eigenvalue weighted by Gasteiger charge is 2.71. The van der Waals surface area contributed by atoms with Crippen LogP contribution in [0.1, 0.15) is 120 Å². The molecule has 0 bridgehead atoms. The van der Waals surface area contributed by atoms with Crippen molar-refractivity contribution >= 4 is 11.7 Å². The van der Waals surface area contributed by atoms with Crippen molar-refractivity contribution in [3.8, 4) is 0 Å². The first kappa shape index (κ1) is 26.5. The second-order valence-corrected chi connectivity index (χ2v) is 16.1. The highest BCUT2D eigenvalue weighted by molar-refractivity contribution is 5.92. The van der Waals surface area contributed by atoms with Crippen molar-refractivity contribution in [2.45, 2.75) is 126 Å². The number of nitrogens with zero attached hydrogens (tertiary/aromatic N) is 1. The molecule has 204 valence electrons. The van der Waals surface area contributed by atoms with Crippen LogP contribution in [0.15, 0.2) is 5.10 Å². The third-order valence-corrected chi connectivity index (χ3v) is 14.1. The lowest BCUT2D eigenvalue weighted by molar-refractivity contribution is -0.256. The number of hydrogen-bond acceptors (Lipinski definition) is 3. The number of hydrogen-bond donors (Lipinski definition) is 3. The van der Waals surface area contributed by atoms with E-state index in [1.54, 1.807) is 0 Å². The Hall–Kier alpha value is -1.10. The van der Waals surface area contributed by atoms with Crippen LogP contribution in [-0.4, -0.2) is 23.0 Å². The summed E-state index contributed by atoms with van der Waals surface area (Å²) in [7, 11) is 0. The van der Waals surface area contributed by atoms with Crippen molar-refractivity contribution in [3.63, 3.8) is 0 Å². The molecule has 0 heterocycles. The van der Waals surface area contributed by atoms with E-state index in [2.05, 4.69) is 65.9 Å². The van der Waals surface area contributed by atoms with Gasteiger partial charge in [-0.2, -0.15) is 5.10 Å². The van der Waals surface area contributed by atoms with Crippen molar-refractivity contribution in [3.05, 3.63) is 0 Å². The number of carbonyl (C=O) groups is 1. The van der Waals surface area contributed by atoms with Gasteiger partial charge in [0.1, 0.15) is 0 Å². The zero-order chi connectivity index (χ0) is 26.5. The molecule has 0 aliphatic heterocycles. The molecule has 5 saturated carbocycles. The molecule has 10 atom stereocenters. The number of aliphatic hydroxyl groups is 1. The Labute approximate surface area is 219 Å². The lowest BCUT2D eigenvalue weighted by atomic mass is 9.30. The fraction of sp³-hybridized carbons (Fsp3) is 0.935. The van der Waals surface area contributed by atoms with E-state index in [0.29, 0.717) is 39.2 Å². The molecule has 5 fully saturated rings. The molecular formula is C31H53N3O2. The van der Waals surface area contributed by atoms with Crippen molar-refractivity contribution in [2.75, 3.05) is 0 Å². The van der Waals surface area contributed by atoms with E-state index in [-0.39, 0.29) is 16.7 Å². The molecule has 0 aromatic carbocycles. The number of urea groups is 1. The Kier molecular flexibility index (Phi) is 5.86. The number of carbonyl (C=O) groups excluding carboxylic acids is 1. The fourth-order valence-electron chi connectivity index (χ4n) is 11.5. The van der Waals surface area contributed by atoms with Crippen LogP contribution in [0, 0.1) is 56.2 Å². The van der Waals surface area contributed by atoms with E-state index < -0.39 is 12.1 Å². The number of aliphatic hydroxyl groups excluding tert-OH is 1. The quantitative estimate of drug-likeness (QED) is 0.343. The van der Waals surface area contributed by atoms with E-state index in [1.807, 2.05) is 0 Å². The van der Waals surface area contributed by atoms with Crippen LogP contribution in [0.3, 0.4) is 0 Å². The third-order valence-electron chi connectivity index (χ3n) is 14.1. The maximum absolute atomic E-state index is 11.3. The second kappa shape index (κ2) is 7.96. The maximum atomic E-state index is 11.3. The summed E-state index contributed by atoms with van der Waals surface area (Å²) >= 11 is 0. The number of hydrazone groups is 1. The van der Waals surface area contributed by atoms with Crippen LogP contribution in [0.2, 0.25) is 0 Å². The Balaban J connectivity index is 1.51. The summed E-state index contributed by atoms with van der Waals surface area (Å²) in [6.45, 7) is 20.3. The van der Waals surface area contributed by atoms with Gasteiger partial charge in [-0.15, -0.1) is 0 Å². The molecule has 5 nitrogen and oxygen atoms in total. The molecule has 0 radical (unpaired) electrons. The van der Waals surface area contributed by atoms with Gasteiger partial charge < -0.3 is 10.8 Å². The molecule has 5 rings (SSSR count). The molecule has 0 spiro atoms.